The lowest BCUT2D eigenvalue weighted by Crippen LogP contribution is -2.49. The molecule has 1 unspecified atom stereocenters. The zero-order chi connectivity index (χ0) is 19.8. The summed E-state index contributed by atoms with van der Waals surface area (Å²) >= 11 is 0. The van der Waals surface area contributed by atoms with E-state index in [9.17, 15) is 9.59 Å². The first kappa shape index (κ1) is 20.7. The van der Waals surface area contributed by atoms with Crippen LogP contribution in [0, 0.1) is 0 Å². The topological polar surface area (TPSA) is 97.9 Å². The SMILES string of the molecule is COc1cc(NC(C)C(=O)NC(=O)NC2CCCCC2)cc(OC)c1OC. The Balaban J connectivity index is 1.96. The van der Waals surface area contributed by atoms with Gasteiger partial charge in [-0.25, -0.2) is 4.79 Å². The lowest BCUT2D eigenvalue weighted by Gasteiger charge is -2.23. The Hall–Kier alpha value is -2.64. The number of rotatable bonds is 7. The molecule has 27 heavy (non-hydrogen) atoms. The molecule has 2 rings (SSSR count). The molecule has 8 nitrogen and oxygen atoms in total. The van der Waals surface area contributed by atoms with Gasteiger partial charge in [0, 0.05) is 23.9 Å². The molecule has 3 N–H and O–H groups in total. The number of carbonyl (C=O) groups is 2. The van der Waals surface area contributed by atoms with Crippen LogP contribution in [0.4, 0.5) is 10.5 Å². The van der Waals surface area contributed by atoms with Crippen LogP contribution in [0.25, 0.3) is 0 Å². The molecule has 1 aromatic carbocycles. The van der Waals surface area contributed by atoms with Crippen LogP contribution in [0.1, 0.15) is 39.0 Å². The molecule has 1 atom stereocenters. The normalized spacial score (nSPS) is 15.4. The van der Waals surface area contributed by atoms with Gasteiger partial charge in [-0.2, -0.15) is 0 Å². The minimum Gasteiger partial charge on any atom is -0.493 e. The monoisotopic (exact) mass is 379 g/mol. The standard InChI is InChI=1S/C19H29N3O5/c1-12(18(23)22-19(24)21-13-8-6-5-7-9-13)20-14-10-15(25-2)17(27-4)16(11-14)26-3/h10-13,20H,5-9H2,1-4H3,(H2,21,22,23,24). The first-order chi connectivity index (χ1) is 13.0. The summed E-state index contributed by atoms with van der Waals surface area (Å²) in [5.74, 6) is 0.996. The fourth-order valence-corrected chi connectivity index (χ4v) is 3.17. The maximum atomic E-state index is 12.3. The molecule has 1 saturated carbocycles. The highest BCUT2D eigenvalue weighted by Gasteiger charge is 2.21. The van der Waals surface area contributed by atoms with Gasteiger partial charge in [-0.3, -0.25) is 10.1 Å². The highest BCUT2D eigenvalue weighted by molar-refractivity contribution is 5.98. The Morgan fingerprint density at radius 3 is 2.11 bits per heavy atom. The molecule has 0 spiro atoms. The Kier molecular flexibility index (Phi) is 7.57. The predicted molar refractivity (Wildman–Crippen MR) is 103 cm³/mol. The Bertz CT molecular complexity index is 634. The second-order valence-electron chi connectivity index (χ2n) is 6.58. The lowest BCUT2D eigenvalue weighted by atomic mass is 9.96. The minimum atomic E-state index is -0.634. The van der Waals surface area contributed by atoms with E-state index in [1.54, 1.807) is 19.1 Å². The molecule has 0 saturated heterocycles. The van der Waals surface area contributed by atoms with Crippen molar-refractivity contribution >= 4 is 17.6 Å². The summed E-state index contributed by atoms with van der Waals surface area (Å²) < 4.78 is 15.9. The second-order valence-corrected chi connectivity index (χ2v) is 6.58. The lowest BCUT2D eigenvalue weighted by molar-refractivity contribution is -0.120. The van der Waals surface area contributed by atoms with Crippen LogP contribution in [0.15, 0.2) is 12.1 Å². The fraction of sp³-hybridized carbons (Fsp3) is 0.579. The molecule has 1 aliphatic rings. The first-order valence-corrected chi connectivity index (χ1v) is 9.16. The van der Waals surface area contributed by atoms with Crippen molar-refractivity contribution in [3.05, 3.63) is 12.1 Å². The van der Waals surface area contributed by atoms with Crippen molar-refractivity contribution < 1.29 is 23.8 Å². The number of hydrogen-bond acceptors (Lipinski definition) is 6. The van der Waals surface area contributed by atoms with Crippen molar-refractivity contribution in [2.24, 2.45) is 0 Å². The van der Waals surface area contributed by atoms with Crippen LogP contribution in [0.3, 0.4) is 0 Å². The number of amides is 3. The molecule has 0 bridgehead atoms. The van der Waals surface area contributed by atoms with Gasteiger partial charge in [0.1, 0.15) is 6.04 Å². The Labute approximate surface area is 159 Å². The third-order valence-corrected chi connectivity index (χ3v) is 4.62. The van der Waals surface area contributed by atoms with Crippen molar-refractivity contribution in [1.82, 2.24) is 10.6 Å². The van der Waals surface area contributed by atoms with Crippen molar-refractivity contribution in [3.8, 4) is 17.2 Å². The number of nitrogens with one attached hydrogen (secondary N) is 3. The van der Waals surface area contributed by atoms with Gasteiger partial charge < -0.3 is 24.8 Å². The van der Waals surface area contributed by atoms with E-state index < -0.39 is 18.0 Å². The van der Waals surface area contributed by atoms with E-state index in [4.69, 9.17) is 14.2 Å². The number of anilines is 1. The molecule has 1 fully saturated rings. The smallest absolute Gasteiger partial charge is 0.321 e. The zero-order valence-corrected chi connectivity index (χ0v) is 16.4. The van der Waals surface area contributed by atoms with Crippen LogP contribution in [0.2, 0.25) is 0 Å². The van der Waals surface area contributed by atoms with E-state index in [0.29, 0.717) is 22.9 Å². The summed E-state index contributed by atoms with van der Waals surface area (Å²) in [6, 6.07) is 2.46. The Morgan fingerprint density at radius 2 is 1.59 bits per heavy atom. The summed E-state index contributed by atoms with van der Waals surface area (Å²) in [5.41, 5.74) is 0.611. The summed E-state index contributed by atoms with van der Waals surface area (Å²) in [6.45, 7) is 1.67. The van der Waals surface area contributed by atoms with Crippen molar-refractivity contribution in [1.29, 1.82) is 0 Å². The molecule has 0 radical (unpaired) electrons. The molecule has 0 heterocycles. The first-order valence-electron chi connectivity index (χ1n) is 9.16. The van der Waals surface area contributed by atoms with E-state index in [0.717, 1.165) is 25.7 Å². The maximum absolute atomic E-state index is 12.3. The molecule has 3 amide bonds. The molecular formula is C19H29N3O5. The van der Waals surface area contributed by atoms with Gasteiger partial charge in [0.15, 0.2) is 11.5 Å². The summed E-state index contributed by atoms with van der Waals surface area (Å²) in [6.07, 6.45) is 5.34. The van der Waals surface area contributed by atoms with E-state index in [2.05, 4.69) is 16.0 Å². The molecule has 150 valence electrons. The number of carbonyl (C=O) groups excluding carboxylic acids is 2. The molecule has 1 aromatic rings. The average molecular weight is 379 g/mol. The number of imide groups is 1. The fourth-order valence-electron chi connectivity index (χ4n) is 3.17. The van der Waals surface area contributed by atoms with Crippen LogP contribution >= 0.6 is 0 Å². The third-order valence-electron chi connectivity index (χ3n) is 4.62. The largest absolute Gasteiger partial charge is 0.493 e. The number of hydrogen-bond donors (Lipinski definition) is 3. The molecule has 0 aliphatic heterocycles. The highest BCUT2D eigenvalue weighted by atomic mass is 16.5. The average Bonchev–Trinajstić information content (AvgIpc) is 2.67. The molecule has 8 heteroatoms. The van der Waals surface area contributed by atoms with Crippen molar-refractivity contribution in [2.45, 2.75) is 51.1 Å². The second kappa shape index (κ2) is 9.89. The highest BCUT2D eigenvalue weighted by Crippen LogP contribution is 2.40. The van der Waals surface area contributed by atoms with Gasteiger partial charge in [-0.05, 0) is 19.8 Å². The van der Waals surface area contributed by atoms with Gasteiger partial charge >= 0.3 is 6.03 Å². The quantitative estimate of drug-likeness (QED) is 0.674. The number of urea groups is 1. The van der Waals surface area contributed by atoms with Crippen molar-refractivity contribution in [3.63, 3.8) is 0 Å². The minimum absolute atomic E-state index is 0.143. The molecule has 1 aliphatic carbocycles. The van der Waals surface area contributed by atoms with Crippen LogP contribution in [-0.2, 0) is 4.79 Å². The summed E-state index contributed by atoms with van der Waals surface area (Å²) in [5, 5.41) is 8.30. The molecule has 0 aromatic heterocycles. The van der Waals surface area contributed by atoms with Crippen LogP contribution in [0.5, 0.6) is 17.2 Å². The van der Waals surface area contributed by atoms with Crippen LogP contribution < -0.4 is 30.2 Å². The van der Waals surface area contributed by atoms with E-state index >= 15 is 0 Å². The summed E-state index contributed by atoms with van der Waals surface area (Å²) in [7, 11) is 4.56. The Morgan fingerprint density at radius 1 is 1.00 bits per heavy atom. The van der Waals surface area contributed by atoms with E-state index in [1.807, 2.05) is 0 Å². The van der Waals surface area contributed by atoms with Crippen molar-refractivity contribution in [2.75, 3.05) is 26.6 Å². The number of ether oxygens (including phenoxy) is 3. The predicted octanol–water partition coefficient (Wildman–Crippen LogP) is 2.67. The van der Waals surface area contributed by atoms with Gasteiger partial charge in [0.05, 0.1) is 21.3 Å². The van der Waals surface area contributed by atoms with Gasteiger partial charge in [-0.1, -0.05) is 19.3 Å². The van der Waals surface area contributed by atoms with Gasteiger partial charge in [0.2, 0.25) is 11.7 Å². The number of benzene rings is 1. The maximum Gasteiger partial charge on any atom is 0.321 e. The number of methoxy groups -OCH3 is 3. The summed E-state index contributed by atoms with van der Waals surface area (Å²) in [4.78, 5) is 24.3. The van der Waals surface area contributed by atoms with Crippen LogP contribution in [-0.4, -0.2) is 45.4 Å². The van der Waals surface area contributed by atoms with E-state index in [-0.39, 0.29) is 6.04 Å². The van der Waals surface area contributed by atoms with Gasteiger partial charge in [0.25, 0.3) is 0 Å². The third kappa shape index (κ3) is 5.67. The van der Waals surface area contributed by atoms with Gasteiger partial charge in [-0.15, -0.1) is 0 Å². The van der Waals surface area contributed by atoms with E-state index in [1.165, 1.54) is 27.8 Å². The zero-order valence-electron chi connectivity index (χ0n) is 16.4. The molecular weight excluding hydrogens is 350 g/mol.